The van der Waals surface area contributed by atoms with E-state index in [0.717, 1.165) is 27.7 Å². The molecule has 4 aromatic rings. The molecule has 0 radical (unpaired) electrons. The van der Waals surface area contributed by atoms with Crippen molar-refractivity contribution in [3.63, 3.8) is 0 Å². The Morgan fingerprint density at radius 3 is 2.47 bits per heavy atom. The van der Waals surface area contributed by atoms with E-state index in [-0.39, 0.29) is 11.1 Å². The first kappa shape index (κ1) is 23.2. The summed E-state index contributed by atoms with van der Waals surface area (Å²) in [5, 5.41) is 20.4. The smallest absolute Gasteiger partial charge is 0.339 e. The fraction of sp³-hybridized carbons (Fsp3) is 0.0741. The predicted octanol–water partition coefficient (Wildman–Crippen LogP) is 6.18. The first-order chi connectivity index (χ1) is 16.3. The molecular formula is C27H20BrNO5. The van der Waals surface area contributed by atoms with Crippen LogP contribution < -0.4 is 4.74 Å². The number of ketones is 1. The summed E-state index contributed by atoms with van der Waals surface area (Å²) in [7, 11) is 0. The van der Waals surface area contributed by atoms with E-state index in [4.69, 9.17) is 4.74 Å². The molecule has 170 valence electrons. The molecule has 0 amide bonds. The lowest BCUT2D eigenvalue weighted by molar-refractivity contribution is 0.0693. The molecule has 4 rings (SSSR count). The van der Waals surface area contributed by atoms with Crippen LogP contribution in [0.15, 0.2) is 77.3 Å². The molecule has 0 atom stereocenters. The molecule has 0 aliphatic carbocycles. The number of hydrogen-bond donors (Lipinski definition) is 2. The number of allylic oxidation sites excluding steroid dienone is 1. The summed E-state index contributed by atoms with van der Waals surface area (Å²) in [6.45, 7) is 2.37. The minimum Gasteiger partial charge on any atom is -0.506 e. The van der Waals surface area contributed by atoms with Crippen molar-refractivity contribution in [2.24, 2.45) is 0 Å². The molecule has 0 bridgehead atoms. The molecule has 0 saturated carbocycles. The predicted molar refractivity (Wildman–Crippen MR) is 133 cm³/mol. The van der Waals surface area contributed by atoms with Gasteiger partial charge in [-0.05, 0) is 60.5 Å². The Bertz CT molecular complexity index is 1430. The Morgan fingerprint density at radius 2 is 1.74 bits per heavy atom. The van der Waals surface area contributed by atoms with Crippen molar-refractivity contribution >= 4 is 44.7 Å². The average Bonchev–Trinajstić information content (AvgIpc) is 2.83. The number of aryl methyl sites for hydroxylation is 1. The second-order valence-corrected chi connectivity index (χ2v) is 8.57. The number of hydrogen-bond acceptors (Lipinski definition) is 5. The van der Waals surface area contributed by atoms with Gasteiger partial charge in [0, 0.05) is 9.86 Å². The van der Waals surface area contributed by atoms with Gasteiger partial charge < -0.3 is 14.9 Å². The number of aromatic nitrogens is 1. The molecule has 0 unspecified atom stereocenters. The highest BCUT2D eigenvalue weighted by Crippen LogP contribution is 2.28. The third-order valence-electron chi connectivity index (χ3n) is 5.24. The number of phenols is 1. The normalized spacial score (nSPS) is 11.1. The summed E-state index contributed by atoms with van der Waals surface area (Å²) >= 11 is 3.17. The van der Waals surface area contributed by atoms with Crippen molar-refractivity contribution in [2.75, 3.05) is 0 Å². The van der Waals surface area contributed by atoms with Crippen LogP contribution in [0.1, 0.15) is 37.5 Å². The number of halogens is 1. The molecule has 1 aromatic heterocycles. The number of benzene rings is 3. The number of aromatic hydroxyl groups is 1. The minimum absolute atomic E-state index is 0.0962. The molecule has 0 aliphatic rings. The van der Waals surface area contributed by atoms with Crippen LogP contribution in [0.3, 0.4) is 0 Å². The van der Waals surface area contributed by atoms with Crippen molar-refractivity contribution < 1.29 is 24.5 Å². The second-order valence-electron chi connectivity index (χ2n) is 7.66. The van der Waals surface area contributed by atoms with Crippen LogP contribution in [0.25, 0.3) is 17.0 Å². The van der Waals surface area contributed by atoms with Gasteiger partial charge in [0.2, 0.25) is 0 Å². The minimum atomic E-state index is -1.32. The van der Waals surface area contributed by atoms with Crippen molar-refractivity contribution in [3.8, 4) is 11.5 Å². The fourth-order valence-electron chi connectivity index (χ4n) is 3.54. The Morgan fingerprint density at radius 1 is 1.03 bits per heavy atom. The summed E-state index contributed by atoms with van der Waals surface area (Å²) < 4.78 is 6.25. The number of pyridine rings is 1. The maximum Gasteiger partial charge on any atom is 0.339 e. The number of carboxylic acids is 1. The second kappa shape index (κ2) is 9.89. The summed E-state index contributed by atoms with van der Waals surface area (Å²) in [5.41, 5.74) is 3.21. The SMILES string of the molecule is Cc1cc(COc2ccc(/C=C/C(=O)c3cc(Br)cc(C(=O)O)c3O)cc2)nc2ccccc12. The third-order valence-corrected chi connectivity index (χ3v) is 5.70. The lowest BCUT2D eigenvalue weighted by Gasteiger charge is -2.09. The van der Waals surface area contributed by atoms with Crippen LogP contribution >= 0.6 is 15.9 Å². The number of ether oxygens (including phenoxy) is 1. The van der Waals surface area contributed by atoms with Crippen molar-refractivity contribution in [3.05, 3.63) is 105 Å². The molecule has 34 heavy (non-hydrogen) atoms. The van der Waals surface area contributed by atoms with Crippen LogP contribution in [-0.4, -0.2) is 26.9 Å². The summed E-state index contributed by atoms with van der Waals surface area (Å²) in [5.74, 6) is -1.74. The van der Waals surface area contributed by atoms with Gasteiger partial charge in [-0.1, -0.05) is 52.3 Å². The number of aromatic carboxylic acids is 1. The largest absolute Gasteiger partial charge is 0.506 e. The molecule has 6 nitrogen and oxygen atoms in total. The van der Waals surface area contributed by atoms with Gasteiger partial charge in [-0.25, -0.2) is 9.78 Å². The first-order valence-corrected chi connectivity index (χ1v) is 11.2. The number of carbonyl (C=O) groups excluding carboxylic acids is 1. The summed E-state index contributed by atoms with van der Waals surface area (Å²) in [4.78, 5) is 28.4. The highest BCUT2D eigenvalue weighted by molar-refractivity contribution is 9.10. The monoisotopic (exact) mass is 517 g/mol. The highest BCUT2D eigenvalue weighted by Gasteiger charge is 2.18. The van der Waals surface area contributed by atoms with E-state index in [1.807, 2.05) is 37.3 Å². The zero-order valence-electron chi connectivity index (χ0n) is 18.2. The van der Waals surface area contributed by atoms with Crippen molar-refractivity contribution in [1.82, 2.24) is 4.98 Å². The number of carboxylic acid groups (broad SMARTS) is 1. The van der Waals surface area contributed by atoms with E-state index < -0.39 is 17.5 Å². The van der Waals surface area contributed by atoms with Gasteiger partial charge in [-0.2, -0.15) is 0 Å². The molecule has 1 heterocycles. The zero-order chi connectivity index (χ0) is 24.2. The van der Waals surface area contributed by atoms with Crippen LogP contribution in [0.2, 0.25) is 0 Å². The number of carbonyl (C=O) groups is 2. The lowest BCUT2D eigenvalue weighted by Crippen LogP contribution is -2.03. The van der Waals surface area contributed by atoms with E-state index in [9.17, 15) is 19.8 Å². The quantitative estimate of drug-likeness (QED) is 0.224. The van der Waals surface area contributed by atoms with Gasteiger partial charge in [0.25, 0.3) is 0 Å². The molecule has 0 saturated heterocycles. The van der Waals surface area contributed by atoms with E-state index in [1.165, 1.54) is 18.2 Å². The van der Waals surface area contributed by atoms with Crippen molar-refractivity contribution in [1.29, 1.82) is 0 Å². The molecular weight excluding hydrogens is 498 g/mol. The summed E-state index contributed by atoms with van der Waals surface area (Å²) in [6.07, 6.45) is 2.87. The van der Waals surface area contributed by atoms with Crippen LogP contribution in [0.4, 0.5) is 0 Å². The molecule has 2 N–H and O–H groups in total. The van der Waals surface area contributed by atoms with Gasteiger partial charge in [-0.3, -0.25) is 4.79 Å². The maximum absolute atomic E-state index is 12.5. The summed E-state index contributed by atoms with van der Waals surface area (Å²) in [6, 6.07) is 19.8. The fourth-order valence-corrected chi connectivity index (χ4v) is 4.00. The number of rotatable bonds is 7. The van der Waals surface area contributed by atoms with E-state index in [2.05, 4.69) is 20.9 Å². The Labute approximate surface area is 204 Å². The van der Waals surface area contributed by atoms with Gasteiger partial charge in [0.1, 0.15) is 23.7 Å². The Hall–Kier alpha value is -3.97. The van der Waals surface area contributed by atoms with E-state index in [0.29, 0.717) is 16.8 Å². The standard InChI is InChI=1S/C27H20BrNO5/c1-16-12-19(29-24-5-3-2-4-21(16)24)15-34-20-9-6-17(7-10-20)8-11-25(30)22-13-18(28)14-23(26(22)31)27(32)33/h2-14,31H,15H2,1H3,(H,32,33)/b11-8+. The Kier molecular flexibility index (Phi) is 6.75. The molecule has 0 aliphatic heterocycles. The topological polar surface area (TPSA) is 96.7 Å². The maximum atomic E-state index is 12.5. The Balaban J connectivity index is 1.43. The molecule has 0 fully saturated rings. The van der Waals surface area contributed by atoms with Crippen molar-refractivity contribution in [2.45, 2.75) is 13.5 Å². The third kappa shape index (κ3) is 5.15. The van der Waals surface area contributed by atoms with Crippen LogP contribution in [-0.2, 0) is 6.61 Å². The number of fused-ring (bicyclic) bond motifs is 1. The molecule has 0 spiro atoms. The lowest BCUT2D eigenvalue weighted by atomic mass is 10.0. The molecule has 7 heteroatoms. The van der Waals surface area contributed by atoms with E-state index >= 15 is 0 Å². The number of para-hydroxylation sites is 1. The average molecular weight is 518 g/mol. The number of nitrogens with zero attached hydrogens (tertiary/aromatic N) is 1. The highest BCUT2D eigenvalue weighted by atomic mass is 79.9. The van der Waals surface area contributed by atoms with Crippen LogP contribution in [0.5, 0.6) is 11.5 Å². The zero-order valence-corrected chi connectivity index (χ0v) is 19.7. The molecule has 3 aromatic carbocycles. The van der Waals surface area contributed by atoms with Crippen LogP contribution in [0, 0.1) is 6.92 Å². The van der Waals surface area contributed by atoms with Gasteiger partial charge in [0.05, 0.1) is 16.8 Å². The van der Waals surface area contributed by atoms with E-state index in [1.54, 1.807) is 30.3 Å². The van der Waals surface area contributed by atoms with Gasteiger partial charge in [-0.15, -0.1) is 0 Å². The van der Waals surface area contributed by atoms with Gasteiger partial charge in [0.15, 0.2) is 5.78 Å². The van der Waals surface area contributed by atoms with Gasteiger partial charge >= 0.3 is 5.97 Å². The first-order valence-electron chi connectivity index (χ1n) is 10.4.